The zero-order valence-electron chi connectivity index (χ0n) is 18.1. The molecular weight excluding hydrogens is 396 g/mol. The molecule has 0 aliphatic heterocycles. The largest absolute Gasteiger partial charge is 0.465 e. The van der Waals surface area contributed by atoms with Gasteiger partial charge in [0.15, 0.2) is 0 Å². The van der Waals surface area contributed by atoms with Crippen molar-refractivity contribution in [2.75, 3.05) is 7.11 Å². The number of nitrogens with one attached hydrogen (secondary N) is 2. The van der Waals surface area contributed by atoms with Crippen LogP contribution in [-0.2, 0) is 4.74 Å². The molecule has 0 atom stereocenters. The minimum absolute atomic E-state index is 0.251. The molecule has 0 spiro atoms. The molecule has 0 unspecified atom stereocenters. The molecule has 8 nitrogen and oxygen atoms in total. The van der Waals surface area contributed by atoms with Gasteiger partial charge in [0.2, 0.25) is 0 Å². The number of aromatic amines is 1. The maximum absolute atomic E-state index is 13.0. The Hall–Kier alpha value is -3.94. The second-order valence-corrected chi connectivity index (χ2v) is 7.23. The second-order valence-electron chi connectivity index (χ2n) is 7.23. The maximum atomic E-state index is 13.0. The minimum Gasteiger partial charge on any atom is -0.465 e. The summed E-state index contributed by atoms with van der Waals surface area (Å²) in [6.45, 7) is 7.43. The Labute approximate surface area is 179 Å². The first-order valence-electron chi connectivity index (χ1n) is 9.65. The molecule has 3 rings (SSSR count). The first-order valence-corrected chi connectivity index (χ1v) is 9.65. The lowest BCUT2D eigenvalue weighted by Gasteiger charge is -2.05. The van der Waals surface area contributed by atoms with Crippen LogP contribution in [0.5, 0.6) is 0 Å². The van der Waals surface area contributed by atoms with E-state index >= 15 is 0 Å². The van der Waals surface area contributed by atoms with Gasteiger partial charge < -0.3 is 4.74 Å². The standard InChI is InChI=1S/C23H24N4O4/c1-13-6-11-19(12-14(13)2)27-22(29)20(16(4)26-27)15(3)24-25-21(28)17-7-9-18(10-8-17)23(30)31-5/h6-12,26H,1-5H3,(H,25,28). The third-order valence-electron chi connectivity index (χ3n) is 5.08. The number of hydrogen-bond acceptors (Lipinski definition) is 5. The fourth-order valence-corrected chi connectivity index (χ4v) is 3.15. The van der Waals surface area contributed by atoms with Crippen LogP contribution >= 0.6 is 0 Å². The predicted molar refractivity (Wildman–Crippen MR) is 118 cm³/mol. The number of hydrazone groups is 1. The van der Waals surface area contributed by atoms with Crippen LogP contribution in [0.2, 0.25) is 0 Å². The molecular formula is C23H24N4O4. The van der Waals surface area contributed by atoms with Crippen LogP contribution in [0.1, 0.15) is 50.0 Å². The molecule has 3 aromatic rings. The molecule has 1 heterocycles. The van der Waals surface area contributed by atoms with Crippen LogP contribution in [0.3, 0.4) is 0 Å². The smallest absolute Gasteiger partial charge is 0.337 e. The molecule has 0 aliphatic rings. The van der Waals surface area contributed by atoms with Crippen molar-refractivity contribution in [3.63, 3.8) is 0 Å². The van der Waals surface area contributed by atoms with Crippen molar-refractivity contribution >= 4 is 17.6 Å². The fourth-order valence-electron chi connectivity index (χ4n) is 3.15. The summed E-state index contributed by atoms with van der Waals surface area (Å²) in [5.74, 6) is -0.942. The van der Waals surface area contributed by atoms with Crippen molar-refractivity contribution in [1.29, 1.82) is 0 Å². The van der Waals surface area contributed by atoms with Gasteiger partial charge in [-0.15, -0.1) is 0 Å². The average Bonchev–Trinajstić information content (AvgIpc) is 3.07. The first kappa shape index (κ1) is 21.8. The number of H-pyrrole nitrogens is 1. The Kier molecular flexibility index (Phi) is 6.20. The van der Waals surface area contributed by atoms with Crippen LogP contribution in [-0.4, -0.2) is 34.5 Å². The van der Waals surface area contributed by atoms with Gasteiger partial charge in [0.05, 0.1) is 29.6 Å². The third-order valence-corrected chi connectivity index (χ3v) is 5.08. The summed E-state index contributed by atoms with van der Waals surface area (Å²) in [6.07, 6.45) is 0. The van der Waals surface area contributed by atoms with E-state index in [9.17, 15) is 14.4 Å². The molecule has 0 saturated heterocycles. The Morgan fingerprint density at radius 3 is 2.26 bits per heavy atom. The minimum atomic E-state index is -0.483. The first-order chi connectivity index (χ1) is 14.7. The van der Waals surface area contributed by atoms with Crippen molar-refractivity contribution in [2.24, 2.45) is 5.10 Å². The Morgan fingerprint density at radius 2 is 1.65 bits per heavy atom. The van der Waals surface area contributed by atoms with Crippen LogP contribution in [0.4, 0.5) is 0 Å². The van der Waals surface area contributed by atoms with Crippen LogP contribution in [0, 0.1) is 20.8 Å². The summed E-state index contributed by atoms with van der Waals surface area (Å²) >= 11 is 0. The molecule has 2 aromatic carbocycles. The molecule has 8 heteroatoms. The van der Waals surface area contributed by atoms with Crippen molar-refractivity contribution in [3.8, 4) is 5.69 Å². The molecule has 0 bridgehead atoms. The number of esters is 1. The van der Waals surface area contributed by atoms with E-state index in [0.29, 0.717) is 28.1 Å². The SMILES string of the molecule is COC(=O)c1ccc(C(=O)NN=C(C)c2c(C)[nH]n(-c3ccc(C)c(C)c3)c2=O)cc1. The van der Waals surface area contributed by atoms with E-state index in [1.165, 1.54) is 36.1 Å². The predicted octanol–water partition coefficient (Wildman–Crippen LogP) is 3.03. The number of ether oxygens (including phenoxy) is 1. The summed E-state index contributed by atoms with van der Waals surface area (Å²) < 4.78 is 6.10. The van der Waals surface area contributed by atoms with Crippen molar-refractivity contribution in [1.82, 2.24) is 15.2 Å². The Morgan fingerprint density at radius 1 is 1.00 bits per heavy atom. The number of aromatic nitrogens is 2. The highest BCUT2D eigenvalue weighted by Gasteiger charge is 2.16. The number of benzene rings is 2. The van der Waals surface area contributed by atoms with Crippen LogP contribution in [0.15, 0.2) is 52.4 Å². The van der Waals surface area contributed by atoms with Crippen molar-refractivity contribution in [3.05, 3.63) is 86.3 Å². The lowest BCUT2D eigenvalue weighted by molar-refractivity contribution is 0.0600. The van der Waals surface area contributed by atoms with Crippen LogP contribution in [0.25, 0.3) is 5.69 Å². The topological polar surface area (TPSA) is 106 Å². The summed E-state index contributed by atoms with van der Waals surface area (Å²) in [5, 5.41) is 7.16. The monoisotopic (exact) mass is 420 g/mol. The van der Waals surface area contributed by atoms with Gasteiger partial charge in [-0.1, -0.05) is 6.07 Å². The number of rotatable bonds is 5. The highest BCUT2D eigenvalue weighted by Crippen LogP contribution is 2.13. The number of aryl methyl sites for hydroxylation is 3. The van der Waals surface area contributed by atoms with Crippen LogP contribution < -0.4 is 11.0 Å². The summed E-state index contributed by atoms with van der Waals surface area (Å²) in [7, 11) is 1.29. The molecule has 0 saturated carbocycles. The lowest BCUT2D eigenvalue weighted by atomic mass is 10.1. The van der Waals surface area contributed by atoms with Gasteiger partial charge in [0, 0.05) is 11.3 Å². The molecule has 0 fully saturated rings. The number of carbonyl (C=O) groups is 2. The average molecular weight is 420 g/mol. The highest BCUT2D eigenvalue weighted by molar-refractivity contribution is 6.01. The number of methoxy groups -OCH3 is 1. The van der Waals surface area contributed by atoms with E-state index in [0.717, 1.165) is 16.8 Å². The third kappa shape index (κ3) is 4.48. The van der Waals surface area contributed by atoms with E-state index in [1.54, 1.807) is 13.8 Å². The normalized spacial score (nSPS) is 11.3. The molecule has 1 aromatic heterocycles. The second kappa shape index (κ2) is 8.83. The van der Waals surface area contributed by atoms with E-state index in [4.69, 9.17) is 0 Å². The van der Waals surface area contributed by atoms with Gasteiger partial charge in [-0.3, -0.25) is 14.7 Å². The van der Waals surface area contributed by atoms with Gasteiger partial charge in [0.1, 0.15) is 0 Å². The molecule has 0 aliphatic carbocycles. The van der Waals surface area contributed by atoms with E-state index in [1.807, 2.05) is 32.0 Å². The Balaban J connectivity index is 1.82. The molecule has 160 valence electrons. The number of amides is 1. The number of hydrogen-bond donors (Lipinski definition) is 2. The molecule has 1 amide bonds. The molecule has 31 heavy (non-hydrogen) atoms. The number of nitrogens with zero attached hydrogens (tertiary/aromatic N) is 2. The Bertz CT molecular complexity index is 1230. The van der Waals surface area contributed by atoms with Gasteiger partial charge in [-0.05, 0) is 75.2 Å². The molecule has 2 N–H and O–H groups in total. The zero-order chi connectivity index (χ0) is 22.7. The number of carbonyl (C=O) groups excluding carboxylic acids is 2. The van der Waals surface area contributed by atoms with Crippen molar-refractivity contribution in [2.45, 2.75) is 27.7 Å². The summed E-state index contributed by atoms with van der Waals surface area (Å²) in [4.78, 5) is 36.8. The maximum Gasteiger partial charge on any atom is 0.337 e. The van der Waals surface area contributed by atoms with Gasteiger partial charge in [-0.25, -0.2) is 14.9 Å². The lowest BCUT2D eigenvalue weighted by Crippen LogP contribution is -2.23. The zero-order valence-corrected chi connectivity index (χ0v) is 18.1. The van der Waals surface area contributed by atoms with Gasteiger partial charge in [-0.2, -0.15) is 5.10 Å². The quantitative estimate of drug-likeness (QED) is 0.376. The van der Waals surface area contributed by atoms with Gasteiger partial charge >= 0.3 is 5.97 Å². The van der Waals surface area contributed by atoms with Gasteiger partial charge in [0.25, 0.3) is 11.5 Å². The van der Waals surface area contributed by atoms with E-state index in [-0.39, 0.29) is 5.56 Å². The molecule has 0 radical (unpaired) electrons. The summed E-state index contributed by atoms with van der Waals surface area (Å²) in [5.41, 5.74) is 7.21. The van der Waals surface area contributed by atoms with Crippen molar-refractivity contribution < 1.29 is 14.3 Å². The highest BCUT2D eigenvalue weighted by atomic mass is 16.5. The summed E-state index contributed by atoms with van der Waals surface area (Å²) in [6, 6.07) is 11.8. The van der Waals surface area contributed by atoms with E-state index in [2.05, 4.69) is 20.4 Å². The fraction of sp³-hybridized carbons (Fsp3) is 0.217. The van der Waals surface area contributed by atoms with E-state index < -0.39 is 11.9 Å².